The lowest BCUT2D eigenvalue weighted by Crippen LogP contribution is -2.49. The van der Waals surface area contributed by atoms with Crippen LogP contribution in [0.25, 0.3) is 11.1 Å². The van der Waals surface area contributed by atoms with Gasteiger partial charge in [0, 0.05) is 26.0 Å². The van der Waals surface area contributed by atoms with Gasteiger partial charge < -0.3 is 25.2 Å². The molecule has 0 aromatic heterocycles. The minimum Gasteiger partial charge on any atom is -0.480 e. The lowest BCUT2D eigenvalue weighted by atomic mass is 9.88. The van der Waals surface area contributed by atoms with Crippen LogP contribution in [0.2, 0.25) is 0 Å². The Morgan fingerprint density at radius 3 is 2.12 bits per heavy atom. The van der Waals surface area contributed by atoms with E-state index in [4.69, 9.17) is 9.47 Å². The van der Waals surface area contributed by atoms with E-state index < -0.39 is 35.5 Å². The molecule has 0 bridgehead atoms. The van der Waals surface area contributed by atoms with Crippen molar-refractivity contribution in [3.8, 4) is 11.1 Å². The highest BCUT2D eigenvalue weighted by Gasteiger charge is 2.31. The van der Waals surface area contributed by atoms with Gasteiger partial charge in [-0.15, -0.1) is 0 Å². The summed E-state index contributed by atoms with van der Waals surface area (Å²) in [6.07, 6.45) is -1.22. The maximum absolute atomic E-state index is 12.4. The number of carboxylic acids is 1. The summed E-state index contributed by atoms with van der Waals surface area (Å²) in [5.41, 5.74) is 3.96. The molecule has 0 fully saturated rings. The van der Waals surface area contributed by atoms with Gasteiger partial charge in [0.25, 0.3) is 0 Å². The summed E-state index contributed by atoms with van der Waals surface area (Å²) in [6, 6.07) is 15.1. The quantitative estimate of drug-likeness (QED) is 0.491. The summed E-state index contributed by atoms with van der Waals surface area (Å²) in [5, 5.41) is 14.5. The SMILES string of the molecule is COC(C)C(NC(=O)CC(C)(C)CNC(=O)OCC1c2ccccc2-c2ccccc21)C(=O)O. The zero-order chi connectivity index (χ0) is 24.9. The van der Waals surface area contributed by atoms with Gasteiger partial charge in [0.15, 0.2) is 6.04 Å². The summed E-state index contributed by atoms with van der Waals surface area (Å²) in [4.78, 5) is 36.2. The third-order valence-electron chi connectivity index (χ3n) is 6.12. The molecule has 182 valence electrons. The second kappa shape index (κ2) is 10.7. The Labute approximate surface area is 199 Å². The number of benzene rings is 2. The number of hydrogen-bond acceptors (Lipinski definition) is 5. The lowest BCUT2D eigenvalue weighted by molar-refractivity contribution is -0.145. The van der Waals surface area contributed by atoms with Gasteiger partial charge in [-0.25, -0.2) is 9.59 Å². The Morgan fingerprint density at radius 2 is 1.59 bits per heavy atom. The first-order chi connectivity index (χ1) is 16.1. The second-order valence-corrected chi connectivity index (χ2v) is 9.34. The van der Waals surface area contributed by atoms with Crippen LogP contribution >= 0.6 is 0 Å². The second-order valence-electron chi connectivity index (χ2n) is 9.34. The van der Waals surface area contributed by atoms with E-state index in [1.165, 1.54) is 7.11 Å². The lowest BCUT2D eigenvalue weighted by Gasteiger charge is -2.26. The number of amides is 2. The fourth-order valence-electron chi connectivity index (χ4n) is 4.20. The number of nitrogens with one attached hydrogen (secondary N) is 2. The number of aliphatic carboxylic acids is 1. The fourth-order valence-corrected chi connectivity index (χ4v) is 4.20. The standard InChI is InChI=1S/C26H32N2O6/c1-16(33-4)23(24(30)31)28-22(29)13-26(2,3)15-27-25(32)34-14-21-19-11-7-5-9-17(19)18-10-6-8-12-20(18)21/h5-12,16,21,23H,13-15H2,1-4H3,(H,27,32)(H,28,29)(H,30,31). The van der Waals surface area contributed by atoms with Crippen LogP contribution in [-0.4, -0.2) is 55.5 Å². The minimum atomic E-state index is -1.17. The molecule has 2 amide bonds. The summed E-state index contributed by atoms with van der Waals surface area (Å²) in [6.45, 7) is 5.59. The van der Waals surface area contributed by atoms with Crippen LogP contribution in [0.1, 0.15) is 44.2 Å². The van der Waals surface area contributed by atoms with Crippen LogP contribution in [-0.2, 0) is 19.1 Å². The molecule has 2 aromatic rings. The van der Waals surface area contributed by atoms with Crippen molar-refractivity contribution in [1.29, 1.82) is 0 Å². The van der Waals surface area contributed by atoms with Crippen molar-refractivity contribution < 1.29 is 29.0 Å². The van der Waals surface area contributed by atoms with Crippen molar-refractivity contribution in [2.24, 2.45) is 5.41 Å². The van der Waals surface area contributed by atoms with Crippen molar-refractivity contribution in [1.82, 2.24) is 10.6 Å². The fraction of sp³-hybridized carbons (Fsp3) is 0.423. The molecule has 0 aliphatic heterocycles. The van der Waals surface area contributed by atoms with Gasteiger partial charge in [0.1, 0.15) is 6.61 Å². The average Bonchev–Trinajstić information content (AvgIpc) is 3.12. The van der Waals surface area contributed by atoms with Gasteiger partial charge in [-0.1, -0.05) is 62.4 Å². The van der Waals surface area contributed by atoms with E-state index in [9.17, 15) is 19.5 Å². The maximum atomic E-state index is 12.4. The van der Waals surface area contributed by atoms with E-state index in [0.717, 1.165) is 22.3 Å². The first-order valence-electron chi connectivity index (χ1n) is 11.3. The Bertz CT molecular complexity index is 1010. The first kappa shape index (κ1) is 25.2. The average molecular weight is 469 g/mol. The molecule has 0 heterocycles. The number of ether oxygens (including phenoxy) is 2. The van der Waals surface area contributed by atoms with Gasteiger partial charge in [-0.3, -0.25) is 4.79 Å². The summed E-state index contributed by atoms with van der Waals surface area (Å²) < 4.78 is 10.6. The highest BCUT2D eigenvalue weighted by molar-refractivity contribution is 5.84. The number of carboxylic acid groups (broad SMARTS) is 1. The highest BCUT2D eigenvalue weighted by Crippen LogP contribution is 2.44. The van der Waals surface area contributed by atoms with E-state index in [1.54, 1.807) is 6.92 Å². The zero-order valence-electron chi connectivity index (χ0n) is 20.0. The highest BCUT2D eigenvalue weighted by atomic mass is 16.5. The topological polar surface area (TPSA) is 114 Å². The van der Waals surface area contributed by atoms with Gasteiger partial charge in [-0.05, 0) is 34.6 Å². The molecule has 3 N–H and O–H groups in total. The summed E-state index contributed by atoms with van der Waals surface area (Å²) in [5.74, 6) is -1.64. The number of methoxy groups -OCH3 is 1. The number of hydrogen-bond donors (Lipinski definition) is 3. The van der Waals surface area contributed by atoms with E-state index in [0.29, 0.717) is 0 Å². The van der Waals surface area contributed by atoms with Crippen molar-refractivity contribution in [3.63, 3.8) is 0 Å². The van der Waals surface area contributed by atoms with Crippen LogP contribution in [0.15, 0.2) is 48.5 Å². The van der Waals surface area contributed by atoms with Crippen LogP contribution < -0.4 is 10.6 Å². The van der Waals surface area contributed by atoms with Gasteiger partial charge in [-0.2, -0.15) is 0 Å². The molecule has 0 saturated heterocycles. The Morgan fingerprint density at radius 1 is 1.03 bits per heavy atom. The summed E-state index contributed by atoms with van der Waals surface area (Å²) >= 11 is 0. The Kier molecular flexibility index (Phi) is 7.94. The van der Waals surface area contributed by atoms with Gasteiger partial charge >= 0.3 is 12.1 Å². The predicted molar refractivity (Wildman–Crippen MR) is 128 cm³/mol. The molecule has 1 aliphatic carbocycles. The third-order valence-corrected chi connectivity index (χ3v) is 6.12. The molecule has 2 unspecified atom stereocenters. The number of carbonyl (C=O) groups excluding carboxylic acids is 2. The van der Waals surface area contributed by atoms with Gasteiger partial charge in [0.05, 0.1) is 6.10 Å². The largest absolute Gasteiger partial charge is 0.480 e. The smallest absolute Gasteiger partial charge is 0.407 e. The molecule has 0 saturated carbocycles. The minimum absolute atomic E-state index is 0.0247. The zero-order valence-corrected chi connectivity index (χ0v) is 20.0. The van der Waals surface area contributed by atoms with Crippen molar-refractivity contribution in [3.05, 3.63) is 59.7 Å². The molecule has 8 heteroatoms. The molecule has 2 atom stereocenters. The number of alkyl carbamates (subject to hydrolysis) is 1. The first-order valence-corrected chi connectivity index (χ1v) is 11.3. The van der Waals surface area contributed by atoms with E-state index in [2.05, 4.69) is 34.9 Å². The van der Waals surface area contributed by atoms with Crippen LogP contribution in [0, 0.1) is 5.41 Å². The van der Waals surface area contributed by atoms with Crippen LogP contribution in [0.4, 0.5) is 4.79 Å². The van der Waals surface area contributed by atoms with Crippen molar-refractivity contribution in [2.75, 3.05) is 20.3 Å². The van der Waals surface area contributed by atoms with Crippen LogP contribution in [0.5, 0.6) is 0 Å². The number of rotatable bonds is 10. The van der Waals surface area contributed by atoms with E-state index in [-0.39, 0.29) is 25.5 Å². The Balaban J connectivity index is 1.52. The monoisotopic (exact) mass is 468 g/mol. The van der Waals surface area contributed by atoms with Crippen molar-refractivity contribution >= 4 is 18.0 Å². The number of carbonyl (C=O) groups is 3. The number of fused-ring (bicyclic) bond motifs is 3. The van der Waals surface area contributed by atoms with Gasteiger partial charge in [0.2, 0.25) is 5.91 Å². The molecular formula is C26H32N2O6. The maximum Gasteiger partial charge on any atom is 0.407 e. The predicted octanol–water partition coefficient (Wildman–Crippen LogP) is 3.55. The Hall–Kier alpha value is -3.39. The molecular weight excluding hydrogens is 436 g/mol. The molecule has 8 nitrogen and oxygen atoms in total. The normalized spacial score (nSPS) is 14.5. The third kappa shape index (κ3) is 5.94. The summed E-state index contributed by atoms with van der Waals surface area (Å²) in [7, 11) is 1.38. The molecule has 34 heavy (non-hydrogen) atoms. The molecule has 1 aliphatic rings. The molecule has 0 spiro atoms. The van der Waals surface area contributed by atoms with Crippen LogP contribution in [0.3, 0.4) is 0 Å². The molecule has 2 aromatic carbocycles. The van der Waals surface area contributed by atoms with Crippen molar-refractivity contribution in [2.45, 2.75) is 45.3 Å². The molecule has 3 rings (SSSR count). The van der Waals surface area contributed by atoms with E-state index >= 15 is 0 Å². The molecule has 0 radical (unpaired) electrons. The van der Waals surface area contributed by atoms with E-state index in [1.807, 2.05) is 38.1 Å².